The Balaban J connectivity index is 1.46. The van der Waals surface area contributed by atoms with Gasteiger partial charge >= 0.3 is 0 Å². The Labute approximate surface area is 125 Å². The first-order chi connectivity index (χ1) is 10.1. The number of hydrogen-bond donors (Lipinski definition) is 2. The molecule has 21 heavy (non-hydrogen) atoms. The molecule has 2 heterocycles. The summed E-state index contributed by atoms with van der Waals surface area (Å²) in [5, 5.41) is 3.08. The molecule has 0 spiro atoms. The molecule has 0 aromatic carbocycles. The summed E-state index contributed by atoms with van der Waals surface area (Å²) in [7, 11) is 0. The van der Waals surface area contributed by atoms with Crippen LogP contribution in [0.15, 0.2) is 0 Å². The largest absolute Gasteiger partial charge is 0.381 e. The minimum atomic E-state index is -0.779. The second-order valence-electron chi connectivity index (χ2n) is 6.62. The third-order valence-corrected chi connectivity index (χ3v) is 4.91. The van der Waals surface area contributed by atoms with Gasteiger partial charge in [-0.15, -0.1) is 0 Å². The second-order valence-corrected chi connectivity index (χ2v) is 6.62. The molecule has 1 saturated carbocycles. The van der Waals surface area contributed by atoms with Crippen molar-refractivity contribution in [3.63, 3.8) is 0 Å². The van der Waals surface area contributed by atoms with Crippen molar-refractivity contribution in [2.45, 2.75) is 50.1 Å². The van der Waals surface area contributed by atoms with Crippen molar-refractivity contribution < 1.29 is 14.3 Å². The lowest BCUT2D eigenvalue weighted by molar-refractivity contribution is -0.134. The predicted molar refractivity (Wildman–Crippen MR) is 77.4 cm³/mol. The van der Waals surface area contributed by atoms with E-state index in [0.29, 0.717) is 32.0 Å². The number of rotatable bonds is 3. The van der Waals surface area contributed by atoms with E-state index in [4.69, 9.17) is 10.5 Å². The van der Waals surface area contributed by atoms with Crippen molar-refractivity contribution in [1.29, 1.82) is 0 Å². The van der Waals surface area contributed by atoms with Crippen LogP contribution in [0.25, 0.3) is 0 Å². The molecule has 6 heteroatoms. The molecular weight excluding hydrogens is 270 g/mol. The van der Waals surface area contributed by atoms with Gasteiger partial charge in [-0.3, -0.25) is 9.59 Å². The van der Waals surface area contributed by atoms with E-state index in [1.807, 2.05) is 4.90 Å². The molecule has 3 N–H and O–H groups in total. The number of amides is 2. The minimum Gasteiger partial charge on any atom is -0.381 e. The van der Waals surface area contributed by atoms with Crippen LogP contribution in [0.5, 0.6) is 0 Å². The topological polar surface area (TPSA) is 84.7 Å². The van der Waals surface area contributed by atoms with Crippen LogP contribution in [-0.4, -0.2) is 54.6 Å². The Kier molecular flexibility index (Phi) is 4.17. The number of carbonyl (C=O) groups is 2. The lowest BCUT2D eigenvalue weighted by Crippen LogP contribution is -2.59. The summed E-state index contributed by atoms with van der Waals surface area (Å²) in [4.78, 5) is 26.3. The van der Waals surface area contributed by atoms with E-state index in [0.717, 1.165) is 38.8 Å². The lowest BCUT2D eigenvalue weighted by Gasteiger charge is -2.36. The first-order valence-corrected chi connectivity index (χ1v) is 8.05. The molecule has 1 aliphatic carbocycles. The molecule has 0 bridgehead atoms. The summed E-state index contributed by atoms with van der Waals surface area (Å²) in [6.45, 7) is 2.61. The summed E-state index contributed by atoms with van der Waals surface area (Å²) < 4.78 is 5.27. The monoisotopic (exact) mass is 295 g/mol. The highest BCUT2D eigenvalue weighted by molar-refractivity contribution is 5.86. The summed E-state index contributed by atoms with van der Waals surface area (Å²) in [5.74, 6) is 0.531. The van der Waals surface area contributed by atoms with Gasteiger partial charge in [-0.1, -0.05) is 0 Å². The fourth-order valence-electron chi connectivity index (χ4n) is 3.12. The number of nitrogens with zero attached hydrogens (tertiary/aromatic N) is 1. The zero-order valence-electron chi connectivity index (χ0n) is 12.5. The summed E-state index contributed by atoms with van der Waals surface area (Å²) in [6.07, 6.45) is 4.92. The molecule has 0 atom stereocenters. The Bertz CT molecular complexity index is 408. The number of hydrogen-bond acceptors (Lipinski definition) is 4. The smallest absolute Gasteiger partial charge is 0.240 e. The molecule has 3 rings (SSSR count). The van der Waals surface area contributed by atoms with Gasteiger partial charge in [0.05, 0.1) is 5.54 Å². The fraction of sp³-hybridized carbons (Fsp3) is 0.867. The minimum absolute atomic E-state index is 0.0576. The molecule has 3 fully saturated rings. The first-order valence-electron chi connectivity index (χ1n) is 8.05. The maximum absolute atomic E-state index is 12.3. The Hall–Kier alpha value is -1.14. The number of nitrogens with two attached hydrogens (primary N) is 1. The van der Waals surface area contributed by atoms with E-state index < -0.39 is 5.54 Å². The third kappa shape index (κ3) is 3.37. The third-order valence-electron chi connectivity index (χ3n) is 4.91. The van der Waals surface area contributed by atoms with Gasteiger partial charge < -0.3 is 20.7 Å². The molecule has 2 saturated heterocycles. The second kappa shape index (κ2) is 5.93. The number of ether oxygens (including phenoxy) is 1. The van der Waals surface area contributed by atoms with Gasteiger partial charge in [-0.25, -0.2) is 0 Å². The molecule has 3 aliphatic rings. The maximum atomic E-state index is 12.3. The van der Waals surface area contributed by atoms with Gasteiger partial charge in [0.2, 0.25) is 11.8 Å². The standard InChI is InChI=1S/C15H25N3O3/c16-15(5-9-21-10-6-15)14(20)17-12-3-7-18(8-4-12)13(19)11-1-2-11/h11-12H,1-10,16H2,(H,17,20). The van der Waals surface area contributed by atoms with Gasteiger partial charge in [0, 0.05) is 38.3 Å². The summed E-state index contributed by atoms with van der Waals surface area (Å²) in [6, 6.07) is 0.143. The van der Waals surface area contributed by atoms with Crippen LogP contribution in [0, 0.1) is 5.92 Å². The van der Waals surface area contributed by atoms with Gasteiger partial charge in [-0.2, -0.15) is 0 Å². The Morgan fingerprint density at radius 2 is 1.71 bits per heavy atom. The zero-order valence-corrected chi connectivity index (χ0v) is 12.5. The van der Waals surface area contributed by atoms with Gasteiger partial charge in [0.1, 0.15) is 0 Å². The fourth-order valence-corrected chi connectivity index (χ4v) is 3.12. The highest BCUT2D eigenvalue weighted by atomic mass is 16.5. The first kappa shape index (κ1) is 14.8. The number of carbonyl (C=O) groups excluding carboxylic acids is 2. The number of nitrogens with one attached hydrogen (secondary N) is 1. The molecule has 0 radical (unpaired) electrons. The van der Waals surface area contributed by atoms with Crippen molar-refractivity contribution in [3.05, 3.63) is 0 Å². The van der Waals surface area contributed by atoms with Crippen molar-refractivity contribution in [2.75, 3.05) is 26.3 Å². The van der Waals surface area contributed by atoms with Crippen molar-refractivity contribution in [2.24, 2.45) is 11.7 Å². The average Bonchev–Trinajstić information content (AvgIpc) is 3.33. The van der Waals surface area contributed by atoms with E-state index >= 15 is 0 Å². The molecule has 0 aromatic rings. The average molecular weight is 295 g/mol. The van der Waals surface area contributed by atoms with Crippen molar-refractivity contribution in [3.8, 4) is 0 Å². The Morgan fingerprint density at radius 1 is 1.10 bits per heavy atom. The molecule has 2 aliphatic heterocycles. The molecule has 2 amide bonds. The van der Waals surface area contributed by atoms with Gasteiger partial charge in [0.25, 0.3) is 0 Å². The Morgan fingerprint density at radius 3 is 2.29 bits per heavy atom. The molecule has 118 valence electrons. The van der Waals surface area contributed by atoms with Crippen LogP contribution in [0.4, 0.5) is 0 Å². The van der Waals surface area contributed by atoms with Crippen LogP contribution >= 0.6 is 0 Å². The number of likely N-dealkylation sites (tertiary alicyclic amines) is 1. The SMILES string of the molecule is NC1(C(=O)NC2CCN(C(=O)C3CC3)CC2)CCOCC1. The molecular formula is C15H25N3O3. The molecule has 0 aromatic heterocycles. The van der Waals surface area contributed by atoms with Crippen LogP contribution in [-0.2, 0) is 14.3 Å². The predicted octanol–water partition coefficient (Wildman–Crippen LogP) is 0.0115. The maximum Gasteiger partial charge on any atom is 0.240 e. The van der Waals surface area contributed by atoms with Gasteiger partial charge in [0.15, 0.2) is 0 Å². The van der Waals surface area contributed by atoms with Crippen LogP contribution < -0.4 is 11.1 Å². The van der Waals surface area contributed by atoms with Crippen molar-refractivity contribution >= 4 is 11.8 Å². The quantitative estimate of drug-likeness (QED) is 0.768. The van der Waals surface area contributed by atoms with E-state index in [1.54, 1.807) is 0 Å². The van der Waals surface area contributed by atoms with E-state index in [2.05, 4.69) is 5.32 Å². The molecule has 6 nitrogen and oxygen atoms in total. The zero-order chi connectivity index (χ0) is 14.9. The summed E-state index contributed by atoms with van der Waals surface area (Å²) in [5.41, 5.74) is 5.41. The summed E-state index contributed by atoms with van der Waals surface area (Å²) >= 11 is 0. The highest BCUT2D eigenvalue weighted by Crippen LogP contribution is 2.32. The van der Waals surface area contributed by atoms with Gasteiger partial charge in [-0.05, 0) is 38.5 Å². The molecule has 0 unspecified atom stereocenters. The lowest BCUT2D eigenvalue weighted by atomic mass is 9.89. The normalized spacial score (nSPS) is 26.4. The van der Waals surface area contributed by atoms with Crippen LogP contribution in [0.1, 0.15) is 38.5 Å². The van der Waals surface area contributed by atoms with Crippen molar-refractivity contribution in [1.82, 2.24) is 10.2 Å². The number of piperidine rings is 1. The highest BCUT2D eigenvalue weighted by Gasteiger charge is 2.38. The van der Waals surface area contributed by atoms with E-state index in [1.165, 1.54) is 0 Å². The van der Waals surface area contributed by atoms with Crippen LogP contribution in [0.3, 0.4) is 0 Å². The van der Waals surface area contributed by atoms with E-state index in [-0.39, 0.29) is 17.9 Å². The van der Waals surface area contributed by atoms with E-state index in [9.17, 15) is 9.59 Å². The van der Waals surface area contributed by atoms with Crippen LogP contribution in [0.2, 0.25) is 0 Å².